The van der Waals surface area contributed by atoms with E-state index in [0.717, 1.165) is 15.9 Å². The zero-order valence-corrected chi connectivity index (χ0v) is 23.3. The number of fused-ring (bicyclic) bond motifs is 1. The predicted molar refractivity (Wildman–Crippen MR) is 145 cm³/mol. The first kappa shape index (κ1) is 28.2. The molecule has 5 rings (SSSR count). The SMILES string of the molecule is COc1ccc(F)cc1[C@H](Cn1c(=O)n([C@@H]2CCN(C)C2=O)c(=O)c2c(C)c(-n3nccn3)sc21)OCCC(=O)O. The Morgan fingerprint density at radius 2 is 1.98 bits per heavy atom. The van der Waals surface area contributed by atoms with E-state index in [1.807, 2.05) is 0 Å². The highest BCUT2D eigenvalue weighted by molar-refractivity contribution is 7.21. The fourth-order valence-corrected chi connectivity index (χ4v) is 6.21. The largest absolute Gasteiger partial charge is 0.496 e. The molecule has 15 heteroatoms. The second kappa shape index (κ2) is 11.2. The Balaban J connectivity index is 1.74. The first-order valence-electron chi connectivity index (χ1n) is 12.7. The molecule has 4 aromatic rings. The van der Waals surface area contributed by atoms with E-state index in [9.17, 15) is 23.6 Å². The molecule has 1 aliphatic rings. The number of hydrogen-bond donors (Lipinski definition) is 1. The van der Waals surface area contributed by atoms with Gasteiger partial charge in [-0.05, 0) is 31.5 Å². The fourth-order valence-electron chi connectivity index (χ4n) is 5.00. The van der Waals surface area contributed by atoms with Crippen molar-refractivity contribution >= 4 is 33.4 Å². The van der Waals surface area contributed by atoms with Crippen molar-refractivity contribution in [2.45, 2.75) is 38.5 Å². The van der Waals surface area contributed by atoms with E-state index in [-0.39, 0.29) is 53.4 Å². The summed E-state index contributed by atoms with van der Waals surface area (Å²) < 4.78 is 28.0. The number of thiophene rings is 1. The van der Waals surface area contributed by atoms with Crippen molar-refractivity contribution in [3.63, 3.8) is 0 Å². The summed E-state index contributed by atoms with van der Waals surface area (Å²) in [5.74, 6) is -1.79. The van der Waals surface area contributed by atoms with Gasteiger partial charge in [-0.3, -0.25) is 19.0 Å². The minimum absolute atomic E-state index is 0.208. The molecule has 1 N–H and O–H groups in total. The van der Waals surface area contributed by atoms with E-state index in [2.05, 4.69) is 10.2 Å². The lowest BCUT2D eigenvalue weighted by Crippen LogP contribution is -2.44. The van der Waals surface area contributed by atoms with Gasteiger partial charge in [0.2, 0.25) is 5.91 Å². The molecule has 41 heavy (non-hydrogen) atoms. The lowest BCUT2D eigenvalue weighted by atomic mass is 10.1. The number of carboxylic acids is 1. The van der Waals surface area contributed by atoms with Crippen LogP contribution in [0.3, 0.4) is 0 Å². The third-order valence-corrected chi connectivity index (χ3v) is 8.33. The van der Waals surface area contributed by atoms with Crippen LogP contribution < -0.4 is 16.0 Å². The number of likely N-dealkylation sites (N-methyl/N-ethyl adjacent to an activating group) is 1. The number of methoxy groups -OCH3 is 1. The van der Waals surface area contributed by atoms with E-state index in [0.29, 0.717) is 17.1 Å². The summed E-state index contributed by atoms with van der Waals surface area (Å²) in [4.78, 5) is 55.2. The van der Waals surface area contributed by atoms with Crippen LogP contribution in [0.15, 0.2) is 40.2 Å². The predicted octanol–water partition coefficient (Wildman–Crippen LogP) is 1.90. The number of ether oxygens (including phenoxy) is 2. The van der Waals surface area contributed by atoms with Gasteiger partial charge in [0.1, 0.15) is 33.5 Å². The van der Waals surface area contributed by atoms with E-state index in [4.69, 9.17) is 14.6 Å². The van der Waals surface area contributed by atoms with Gasteiger partial charge in [0.25, 0.3) is 5.56 Å². The van der Waals surface area contributed by atoms with Crippen LogP contribution in [0, 0.1) is 12.7 Å². The molecule has 3 aromatic heterocycles. The van der Waals surface area contributed by atoms with Crippen LogP contribution in [-0.4, -0.2) is 73.3 Å². The molecular weight excluding hydrogens is 559 g/mol. The Morgan fingerprint density at radius 3 is 2.61 bits per heavy atom. The van der Waals surface area contributed by atoms with E-state index in [1.165, 1.54) is 52.0 Å². The number of nitrogens with zero attached hydrogens (tertiary/aromatic N) is 6. The number of benzene rings is 1. The van der Waals surface area contributed by atoms with Gasteiger partial charge in [-0.1, -0.05) is 11.3 Å². The van der Waals surface area contributed by atoms with Gasteiger partial charge in [0.15, 0.2) is 0 Å². The summed E-state index contributed by atoms with van der Waals surface area (Å²) >= 11 is 1.11. The number of aromatic nitrogens is 5. The van der Waals surface area contributed by atoms with Crippen molar-refractivity contribution in [3.05, 3.63) is 68.4 Å². The molecule has 1 fully saturated rings. The van der Waals surface area contributed by atoms with E-state index < -0.39 is 35.2 Å². The van der Waals surface area contributed by atoms with Gasteiger partial charge < -0.3 is 19.5 Å². The summed E-state index contributed by atoms with van der Waals surface area (Å²) in [6, 6.07) is 2.80. The molecule has 0 spiro atoms. The average Bonchev–Trinajstić information content (AvgIpc) is 3.66. The molecule has 0 bridgehead atoms. The number of aryl methyl sites for hydroxylation is 1. The van der Waals surface area contributed by atoms with Gasteiger partial charge in [-0.2, -0.15) is 10.2 Å². The van der Waals surface area contributed by atoms with Crippen LogP contribution >= 0.6 is 11.3 Å². The van der Waals surface area contributed by atoms with Crippen LogP contribution in [0.1, 0.15) is 36.1 Å². The van der Waals surface area contributed by atoms with Crippen molar-refractivity contribution in [3.8, 4) is 10.8 Å². The van der Waals surface area contributed by atoms with Crippen LogP contribution in [0.5, 0.6) is 5.75 Å². The highest BCUT2D eigenvalue weighted by Crippen LogP contribution is 2.34. The number of likely N-dealkylation sites (tertiary alicyclic amines) is 1. The lowest BCUT2D eigenvalue weighted by molar-refractivity contribution is -0.138. The van der Waals surface area contributed by atoms with Crippen LogP contribution in [0.25, 0.3) is 15.2 Å². The third-order valence-electron chi connectivity index (χ3n) is 7.05. The first-order valence-corrected chi connectivity index (χ1v) is 13.5. The lowest BCUT2D eigenvalue weighted by Gasteiger charge is -2.23. The van der Waals surface area contributed by atoms with Gasteiger partial charge in [0.05, 0.1) is 44.5 Å². The number of amides is 1. The fraction of sp³-hybridized carbons (Fsp3) is 0.385. The first-order chi connectivity index (χ1) is 19.6. The van der Waals surface area contributed by atoms with Crippen LogP contribution in [-0.2, 0) is 20.9 Å². The number of carboxylic acid groups (broad SMARTS) is 1. The standard InChI is InChI=1S/C26H27FN6O7S/c1-14-21-23(37)32(17-6-10-30(2)22(17)36)26(38)31(25(21)41-24(14)33-28-8-9-29-33)13-19(40-11-7-20(34)35)16-12-15(27)4-5-18(16)39-3/h4-5,8-9,12,17,19H,6-7,10-11,13H2,1-3H3,(H,34,35)/t17-,19+/m1/s1. The van der Waals surface area contributed by atoms with Crippen LogP contribution in [0.4, 0.5) is 4.39 Å². The molecule has 0 aliphatic carbocycles. The third kappa shape index (κ3) is 5.13. The number of rotatable bonds is 10. The monoisotopic (exact) mass is 586 g/mol. The zero-order chi connectivity index (χ0) is 29.4. The van der Waals surface area contributed by atoms with Gasteiger partial charge >= 0.3 is 11.7 Å². The molecule has 0 saturated carbocycles. The number of carbonyl (C=O) groups is 2. The number of aliphatic carboxylic acids is 1. The topological polar surface area (TPSA) is 151 Å². The maximum Gasteiger partial charge on any atom is 0.332 e. The molecule has 1 amide bonds. The molecule has 0 unspecified atom stereocenters. The van der Waals surface area contributed by atoms with Crippen molar-refractivity contribution in [2.75, 3.05) is 27.3 Å². The van der Waals surface area contributed by atoms with Crippen molar-refractivity contribution in [1.82, 2.24) is 29.0 Å². The molecule has 216 valence electrons. The van der Waals surface area contributed by atoms with Gasteiger partial charge in [-0.15, -0.1) is 4.80 Å². The number of hydrogen-bond acceptors (Lipinski definition) is 9. The summed E-state index contributed by atoms with van der Waals surface area (Å²) in [5, 5.41) is 18.2. The van der Waals surface area contributed by atoms with Crippen LogP contribution in [0.2, 0.25) is 0 Å². The Bertz CT molecular complexity index is 1750. The van der Waals surface area contributed by atoms with Gasteiger partial charge in [-0.25, -0.2) is 13.8 Å². The van der Waals surface area contributed by atoms with Gasteiger partial charge in [0, 0.05) is 24.7 Å². The molecule has 0 radical (unpaired) electrons. The Labute approximate surface area is 235 Å². The molecular formula is C26H27FN6O7S. The smallest absolute Gasteiger partial charge is 0.332 e. The summed E-state index contributed by atoms with van der Waals surface area (Å²) in [7, 11) is 2.99. The second-order valence-corrected chi connectivity index (χ2v) is 10.5. The maximum atomic E-state index is 14.4. The van der Waals surface area contributed by atoms with E-state index >= 15 is 0 Å². The normalized spacial score (nSPS) is 16.0. The van der Waals surface area contributed by atoms with Crippen molar-refractivity contribution in [2.24, 2.45) is 0 Å². The minimum atomic E-state index is -1.10. The molecule has 2 atom stereocenters. The Morgan fingerprint density at radius 1 is 1.24 bits per heavy atom. The van der Waals surface area contributed by atoms with Crippen molar-refractivity contribution < 1.29 is 28.6 Å². The zero-order valence-electron chi connectivity index (χ0n) is 22.4. The Hall–Kier alpha value is -4.37. The second-order valence-electron chi connectivity index (χ2n) is 9.55. The number of halogens is 1. The average molecular weight is 587 g/mol. The molecule has 4 heterocycles. The molecule has 1 saturated heterocycles. The van der Waals surface area contributed by atoms with Crippen molar-refractivity contribution in [1.29, 1.82) is 0 Å². The molecule has 1 aliphatic heterocycles. The van der Waals surface area contributed by atoms with E-state index in [1.54, 1.807) is 14.0 Å². The summed E-state index contributed by atoms with van der Waals surface area (Å²) in [6.45, 7) is 1.60. The quantitative estimate of drug-likeness (QED) is 0.294. The summed E-state index contributed by atoms with van der Waals surface area (Å²) in [5.41, 5.74) is -0.609. The Kier molecular flexibility index (Phi) is 7.73. The summed E-state index contributed by atoms with van der Waals surface area (Å²) in [6.07, 6.45) is 1.83. The minimum Gasteiger partial charge on any atom is -0.496 e. The highest BCUT2D eigenvalue weighted by atomic mass is 32.1. The maximum absolute atomic E-state index is 14.4. The highest BCUT2D eigenvalue weighted by Gasteiger charge is 2.35. The number of carbonyl (C=O) groups excluding carboxylic acids is 1. The molecule has 13 nitrogen and oxygen atoms in total. The molecule has 1 aromatic carbocycles.